The maximum Gasteiger partial charge on any atom is 0.186 e. The molecule has 2 unspecified atom stereocenters. The Labute approximate surface area is 221 Å². The minimum Gasteiger partial charge on any atom is -0.394 e. The van der Waals surface area contributed by atoms with Crippen LogP contribution in [0.25, 0.3) is 0 Å². The summed E-state index contributed by atoms with van der Waals surface area (Å²) in [4.78, 5) is 12.8. The molecule has 15 atom stereocenters. The van der Waals surface area contributed by atoms with Crippen LogP contribution < -0.4 is 0 Å². The summed E-state index contributed by atoms with van der Waals surface area (Å²) in [5, 5.41) is 72.1. The fourth-order valence-corrected chi connectivity index (χ4v) is 8.09. The molecular formula is C26H42O12. The van der Waals surface area contributed by atoms with Crippen LogP contribution in [-0.4, -0.2) is 123 Å². The maximum atomic E-state index is 12.8. The average Bonchev–Trinajstić information content (AvgIpc) is 3.31. The van der Waals surface area contributed by atoms with Crippen molar-refractivity contribution in [2.75, 3.05) is 19.8 Å². The molecule has 2 heterocycles. The van der Waals surface area contributed by atoms with E-state index in [9.17, 15) is 40.5 Å². The predicted octanol–water partition coefficient (Wildman–Crippen LogP) is -1.95. The summed E-state index contributed by atoms with van der Waals surface area (Å²) in [6.45, 7) is 5.14. The molecule has 218 valence electrons. The Morgan fingerprint density at radius 2 is 1.47 bits per heavy atom. The zero-order valence-electron chi connectivity index (χ0n) is 22.0. The molecular weight excluding hydrogens is 504 g/mol. The van der Waals surface area contributed by atoms with Gasteiger partial charge >= 0.3 is 0 Å². The van der Waals surface area contributed by atoms with Crippen LogP contribution in [0.2, 0.25) is 0 Å². The van der Waals surface area contributed by atoms with Gasteiger partial charge in [0.15, 0.2) is 12.6 Å². The highest BCUT2D eigenvalue weighted by Gasteiger charge is 2.72. The molecule has 2 saturated heterocycles. The molecule has 0 amide bonds. The fourth-order valence-electron chi connectivity index (χ4n) is 8.09. The molecule has 6 aliphatic rings. The van der Waals surface area contributed by atoms with E-state index in [2.05, 4.69) is 0 Å². The molecule has 6 rings (SSSR count). The van der Waals surface area contributed by atoms with Gasteiger partial charge in [-0.05, 0) is 30.6 Å². The summed E-state index contributed by atoms with van der Waals surface area (Å²) < 4.78 is 22.7. The van der Waals surface area contributed by atoms with Gasteiger partial charge in [0.2, 0.25) is 0 Å². The van der Waals surface area contributed by atoms with Crippen molar-refractivity contribution in [2.24, 2.45) is 28.1 Å². The first kappa shape index (κ1) is 28.7. The number of carbonyl (C=O) groups excluding carboxylic acids is 1. The Bertz CT molecular complexity index is 903. The van der Waals surface area contributed by atoms with E-state index in [1.54, 1.807) is 0 Å². The van der Waals surface area contributed by atoms with Crippen LogP contribution in [0, 0.1) is 28.1 Å². The number of hydrogen-bond acceptors (Lipinski definition) is 12. The molecule has 12 nitrogen and oxygen atoms in total. The van der Waals surface area contributed by atoms with Crippen LogP contribution in [0.3, 0.4) is 0 Å². The second kappa shape index (κ2) is 9.95. The normalized spacial score (nSPS) is 56.4. The monoisotopic (exact) mass is 546 g/mol. The first-order chi connectivity index (χ1) is 17.8. The van der Waals surface area contributed by atoms with Crippen LogP contribution in [0.1, 0.15) is 46.5 Å². The number of carbonyl (C=O) groups is 1. The van der Waals surface area contributed by atoms with Gasteiger partial charge in [-0.3, -0.25) is 4.79 Å². The Balaban J connectivity index is 1.29. The largest absolute Gasteiger partial charge is 0.394 e. The molecule has 4 aliphatic carbocycles. The molecule has 2 aliphatic heterocycles. The third kappa shape index (κ3) is 4.03. The second-order valence-corrected chi connectivity index (χ2v) is 12.6. The van der Waals surface area contributed by atoms with Gasteiger partial charge in [-0.2, -0.15) is 0 Å². The molecule has 0 aromatic carbocycles. The van der Waals surface area contributed by atoms with E-state index < -0.39 is 78.8 Å². The standard InChI is InChI=1S/C26H42O12/c1-11-12(28)6-15-25(3,24(2)4-5-26(11,15)7-16(24)29)10-36-23-21(34)19(32)18(31)14(38-23)9-35-22-20(33)17(30)13(8-27)37-22/h11,13-23,27,29-34H,4-10H2,1-3H3/t11-,13+,14-,15-,16?,17+,18-,19+,20-,21-,22-,23?,24+,25-,26-/m1/s1. The van der Waals surface area contributed by atoms with Crippen molar-refractivity contribution < 1.29 is 59.5 Å². The molecule has 0 aromatic heterocycles. The highest BCUT2D eigenvalue weighted by molar-refractivity contribution is 5.85. The van der Waals surface area contributed by atoms with Gasteiger partial charge in [0.05, 0.1) is 25.9 Å². The summed E-state index contributed by atoms with van der Waals surface area (Å²) in [5.74, 6) is 0.0227. The van der Waals surface area contributed by atoms with Gasteiger partial charge in [-0.25, -0.2) is 0 Å². The molecule has 12 heteroatoms. The van der Waals surface area contributed by atoms with Crippen molar-refractivity contribution in [1.29, 1.82) is 0 Å². The molecule has 4 saturated carbocycles. The van der Waals surface area contributed by atoms with Crippen molar-refractivity contribution in [3.8, 4) is 0 Å². The lowest BCUT2D eigenvalue weighted by Gasteiger charge is -2.67. The molecule has 0 aromatic rings. The second-order valence-electron chi connectivity index (χ2n) is 12.6. The third-order valence-corrected chi connectivity index (χ3v) is 11.1. The van der Waals surface area contributed by atoms with Crippen LogP contribution in [0.15, 0.2) is 0 Å². The van der Waals surface area contributed by atoms with E-state index in [0.29, 0.717) is 12.8 Å². The highest BCUT2D eigenvalue weighted by atomic mass is 16.7. The Morgan fingerprint density at radius 1 is 0.868 bits per heavy atom. The molecule has 2 bridgehead atoms. The third-order valence-electron chi connectivity index (χ3n) is 11.1. The number of aliphatic hydroxyl groups is 7. The molecule has 0 radical (unpaired) electrons. The number of ketones is 1. The Morgan fingerprint density at radius 3 is 2.11 bits per heavy atom. The van der Waals surface area contributed by atoms with Crippen LogP contribution >= 0.6 is 0 Å². The predicted molar refractivity (Wildman–Crippen MR) is 127 cm³/mol. The number of fused-ring (bicyclic) bond motifs is 2. The van der Waals surface area contributed by atoms with Gasteiger partial charge < -0.3 is 54.7 Å². The summed E-state index contributed by atoms with van der Waals surface area (Å²) in [6, 6.07) is 0. The van der Waals surface area contributed by atoms with E-state index in [1.165, 1.54) is 0 Å². The van der Waals surface area contributed by atoms with Crippen molar-refractivity contribution in [3.63, 3.8) is 0 Å². The van der Waals surface area contributed by atoms with E-state index >= 15 is 0 Å². The SMILES string of the molecule is C[C@@H]1C(=O)C[C@H]2[C@@]13CC[C@@](C)(C(O)C3)[C@]2(C)COC1O[C@H](CO[C@@H]2O[C@@H](CO)[C@H](O)[C@H]2O)[C@@H](O)[C@H](O)[C@H]1O. The molecule has 7 N–H and O–H groups in total. The summed E-state index contributed by atoms with van der Waals surface area (Å²) in [7, 11) is 0. The number of aliphatic hydroxyl groups excluding tert-OH is 7. The average molecular weight is 547 g/mol. The number of ether oxygens (including phenoxy) is 4. The van der Waals surface area contributed by atoms with Gasteiger partial charge in [0.1, 0.15) is 48.5 Å². The zero-order valence-corrected chi connectivity index (χ0v) is 22.0. The lowest BCUT2D eigenvalue weighted by molar-refractivity contribution is -0.328. The smallest absolute Gasteiger partial charge is 0.186 e. The zero-order chi connectivity index (χ0) is 27.8. The van der Waals surface area contributed by atoms with Crippen molar-refractivity contribution >= 4 is 5.78 Å². The first-order valence-electron chi connectivity index (χ1n) is 13.6. The van der Waals surface area contributed by atoms with E-state index in [4.69, 9.17) is 18.9 Å². The van der Waals surface area contributed by atoms with Crippen molar-refractivity contribution in [3.05, 3.63) is 0 Å². The van der Waals surface area contributed by atoms with Gasteiger partial charge in [-0.1, -0.05) is 20.8 Å². The van der Waals surface area contributed by atoms with Gasteiger partial charge in [0.25, 0.3) is 0 Å². The van der Waals surface area contributed by atoms with Crippen LogP contribution in [0.5, 0.6) is 0 Å². The van der Waals surface area contributed by atoms with Crippen molar-refractivity contribution in [2.45, 2.75) is 108 Å². The first-order valence-corrected chi connectivity index (χ1v) is 13.6. The minimum absolute atomic E-state index is 0.0121. The summed E-state index contributed by atoms with van der Waals surface area (Å²) in [6.07, 6.45) is -10.4. The van der Waals surface area contributed by atoms with Crippen LogP contribution in [0.4, 0.5) is 0 Å². The summed E-state index contributed by atoms with van der Waals surface area (Å²) >= 11 is 0. The highest BCUT2D eigenvalue weighted by Crippen LogP contribution is 2.73. The number of rotatable bonds is 7. The fraction of sp³-hybridized carbons (Fsp3) is 0.962. The summed E-state index contributed by atoms with van der Waals surface area (Å²) in [5.41, 5.74) is -1.44. The van der Waals surface area contributed by atoms with E-state index in [-0.39, 0.29) is 36.2 Å². The van der Waals surface area contributed by atoms with Gasteiger partial charge in [0, 0.05) is 23.2 Å². The molecule has 1 spiro atoms. The minimum atomic E-state index is -1.62. The van der Waals surface area contributed by atoms with E-state index in [1.807, 2.05) is 20.8 Å². The van der Waals surface area contributed by atoms with Gasteiger partial charge in [-0.15, -0.1) is 0 Å². The number of Topliss-reactive ketones (excluding diaryl/α,β-unsaturated/α-hetero) is 1. The van der Waals surface area contributed by atoms with Crippen molar-refractivity contribution in [1.82, 2.24) is 0 Å². The lowest BCUT2D eigenvalue weighted by Crippen LogP contribution is -2.67. The Hall–Kier alpha value is -0.770. The molecule has 38 heavy (non-hydrogen) atoms. The van der Waals surface area contributed by atoms with E-state index in [0.717, 1.165) is 12.8 Å². The van der Waals surface area contributed by atoms with Crippen LogP contribution in [-0.2, 0) is 23.7 Å². The lowest BCUT2D eigenvalue weighted by atomic mass is 9.38. The Kier molecular flexibility index (Phi) is 7.53. The molecule has 6 fully saturated rings. The maximum absolute atomic E-state index is 12.8. The topological polar surface area (TPSA) is 196 Å². The number of hydrogen-bond donors (Lipinski definition) is 7. The quantitative estimate of drug-likeness (QED) is 0.187.